The van der Waals surface area contributed by atoms with Crippen LogP contribution in [0.1, 0.15) is 23.7 Å². The lowest BCUT2D eigenvalue weighted by atomic mass is 10.1. The molecule has 0 amide bonds. The lowest BCUT2D eigenvalue weighted by Gasteiger charge is -2.12. The maximum Gasteiger partial charge on any atom is 0.191 e. The maximum absolute atomic E-state index is 9.37. The molecule has 23 heavy (non-hydrogen) atoms. The van der Waals surface area contributed by atoms with E-state index in [4.69, 9.17) is 0 Å². The normalized spacial score (nSPS) is 11.3. The van der Waals surface area contributed by atoms with Gasteiger partial charge in [-0.1, -0.05) is 30.3 Å². The zero-order valence-corrected chi connectivity index (χ0v) is 13.5. The molecule has 0 saturated carbocycles. The van der Waals surface area contributed by atoms with Gasteiger partial charge in [-0.05, 0) is 30.2 Å². The number of aromatic nitrogens is 1. The smallest absolute Gasteiger partial charge is 0.191 e. The predicted octanol–water partition coefficient (Wildman–Crippen LogP) is 1.87. The van der Waals surface area contributed by atoms with Crippen LogP contribution in [-0.2, 0) is 19.6 Å². The summed E-state index contributed by atoms with van der Waals surface area (Å²) >= 11 is 0. The molecule has 0 saturated heterocycles. The van der Waals surface area contributed by atoms with Crippen molar-refractivity contribution in [3.05, 3.63) is 65.5 Å². The first-order valence-corrected chi connectivity index (χ1v) is 7.93. The van der Waals surface area contributed by atoms with E-state index >= 15 is 0 Å². The summed E-state index contributed by atoms with van der Waals surface area (Å²) in [6, 6.07) is 13.7. The number of hydrogen-bond acceptors (Lipinski definition) is 3. The van der Waals surface area contributed by atoms with Gasteiger partial charge in [0, 0.05) is 31.4 Å². The standard InChI is InChI=1S/C18H24N4O/c1-2-19-18(21-12-10-17-9-5-6-11-20-17)22-13-15-7-3-4-8-16(15)14-23/h3-9,11,23H,2,10,12-14H2,1H3,(H2,19,21,22). The molecule has 0 radical (unpaired) electrons. The van der Waals surface area contributed by atoms with Gasteiger partial charge in [0.2, 0.25) is 0 Å². The number of pyridine rings is 1. The number of benzene rings is 1. The molecule has 0 bridgehead atoms. The van der Waals surface area contributed by atoms with Gasteiger partial charge in [0.15, 0.2) is 5.96 Å². The summed E-state index contributed by atoms with van der Waals surface area (Å²) in [6.07, 6.45) is 2.65. The fourth-order valence-corrected chi connectivity index (χ4v) is 2.23. The highest BCUT2D eigenvalue weighted by Gasteiger charge is 2.02. The minimum absolute atomic E-state index is 0.0370. The molecular weight excluding hydrogens is 288 g/mol. The van der Waals surface area contributed by atoms with Crippen molar-refractivity contribution in [3.8, 4) is 0 Å². The average molecular weight is 312 g/mol. The van der Waals surface area contributed by atoms with Gasteiger partial charge < -0.3 is 15.7 Å². The van der Waals surface area contributed by atoms with Crippen LogP contribution >= 0.6 is 0 Å². The van der Waals surface area contributed by atoms with E-state index < -0.39 is 0 Å². The Balaban J connectivity index is 1.91. The van der Waals surface area contributed by atoms with E-state index in [2.05, 4.69) is 20.6 Å². The Labute approximate surface area is 137 Å². The van der Waals surface area contributed by atoms with E-state index in [1.54, 1.807) is 6.20 Å². The summed E-state index contributed by atoms with van der Waals surface area (Å²) in [5.41, 5.74) is 3.01. The quantitative estimate of drug-likeness (QED) is 0.539. The number of hydrogen-bond donors (Lipinski definition) is 3. The zero-order chi connectivity index (χ0) is 16.3. The first kappa shape index (κ1) is 17.0. The molecule has 2 rings (SSSR count). The van der Waals surface area contributed by atoms with E-state index in [9.17, 15) is 5.11 Å². The molecule has 0 aliphatic heterocycles. The maximum atomic E-state index is 9.37. The molecule has 5 nitrogen and oxygen atoms in total. The third-order valence-electron chi connectivity index (χ3n) is 3.44. The summed E-state index contributed by atoms with van der Waals surface area (Å²) in [4.78, 5) is 8.90. The molecule has 0 unspecified atom stereocenters. The van der Waals surface area contributed by atoms with E-state index in [1.165, 1.54) is 0 Å². The van der Waals surface area contributed by atoms with Crippen LogP contribution in [-0.4, -0.2) is 29.1 Å². The number of guanidine groups is 1. The Morgan fingerprint density at radius 1 is 1.09 bits per heavy atom. The molecule has 122 valence electrons. The minimum atomic E-state index is 0.0370. The summed E-state index contributed by atoms with van der Waals surface area (Å²) in [6.45, 7) is 4.18. The fraction of sp³-hybridized carbons (Fsp3) is 0.333. The lowest BCUT2D eigenvalue weighted by Crippen LogP contribution is -2.38. The van der Waals surface area contributed by atoms with Gasteiger partial charge in [-0.2, -0.15) is 0 Å². The summed E-state index contributed by atoms with van der Waals surface area (Å²) in [5.74, 6) is 0.774. The van der Waals surface area contributed by atoms with Crippen molar-refractivity contribution in [1.82, 2.24) is 15.6 Å². The Morgan fingerprint density at radius 3 is 2.57 bits per heavy atom. The first-order valence-electron chi connectivity index (χ1n) is 7.93. The van der Waals surface area contributed by atoms with Crippen molar-refractivity contribution >= 4 is 5.96 Å². The number of rotatable bonds is 7. The van der Waals surface area contributed by atoms with Gasteiger partial charge in [-0.25, -0.2) is 4.99 Å². The molecular formula is C18H24N4O. The monoisotopic (exact) mass is 312 g/mol. The van der Waals surface area contributed by atoms with Crippen LogP contribution < -0.4 is 10.6 Å². The van der Waals surface area contributed by atoms with Gasteiger partial charge >= 0.3 is 0 Å². The van der Waals surface area contributed by atoms with Crippen molar-refractivity contribution in [2.75, 3.05) is 13.1 Å². The second-order valence-corrected chi connectivity index (χ2v) is 5.12. The van der Waals surface area contributed by atoms with Gasteiger partial charge in [0.1, 0.15) is 0 Å². The minimum Gasteiger partial charge on any atom is -0.392 e. The van der Waals surface area contributed by atoms with Gasteiger partial charge in [-0.3, -0.25) is 4.98 Å². The first-order chi connectivity index (χ1) is 11.3. The number of nitrogens with zero attached hydrogens (tertiary/aromatic N) is 2. The summed E-state index contributed by atoms with van der Waals surface area (Å²) < 4.78 is 0. The number of aliphatic hydroxyl groups excluding tert-OH is 1. The van der Waals surface area contributed by atoms with Crippen LogP contribution in [0.25, 0.3) is 0 Å². The van der Waals surface area contributed by atoms with Crippen molar-refractivity contribution < 1.29 is 5.11 Å². The van der Waals surface area contributed by atoms with Crippen LogP contribution in [0.15, 0.2) is 53.7 Å². The zero-order valence-electron chi connectivity index (χ0n) is 13.5. The molecule has 1 aromatic carbocycles. The largest absolute Gasteiger partial charge is 0.392 e. The van der Waals surface area contributed by atoms with Gasteiger partial charge in [0.05, 0.1) is 13.2 Å². The Morgan fingerprint density at radius 2 is 1.87 bits per heavy atom. The van der Waals surface area contributed by atoms with Crippen LogP contribution in [0, 0.1) is 0 Å². The Kier molecular flexibility index (Phi) is 7.07. The van der Waals surface area contributed by atoms with E-state index in [1.807, 2.05) is 49.4 Å². The van der Waals surface area contributed by atoms with Crippen LogP contribution in [0.3, 0.4) is 0 Å². The Hall–Kier alpha value is -2.40. The second kappa shape index (κ2) is 9.58. The third-order valence-corrected chi connectivity index (χ3v) is 3.44. The van der Waals surface area contributed by atoms with E-state index in [0.29, 0.717) is 6.54 Å². The molecule has 0 aliphatic rings. The van der Waals surface area contributed by atoms with Gasteiger partial charge in [-0.15, -0.1) is 0 Å². The average Bonchev–Trinajstić information content (AvgIpc) is 2.61. The SMILES string of the molecule is CCNC(=NCc1ccccc1CO)NCCc1ccccn1. The molecule has 3 N–H and O–H groups in total. The molecule has 2 aromatic rings. The van der Waals surface area contributed by atoms with Crippen LogP contribution in [0.2, 0.25) is 0 Å². The third kappa shape index (κ3) is 5.71. The highest BCUT2D eigenvalue weighted by molar-refractivity contribution is 5.79. The highest BCUT2D eigenvalue weighted by atomic mass is 16.3. The van der Waals surface area contributed by atoms with Crippen LogP contribution in [0.5, 0.6) is 0 Å². The molecule has 0 spiro atoms. The lowest BCUT2D eigenvalue weighted by molar-refractivity contribution is 0.280. The number of nitrogens with one attached hydrogen (secondary N) is 2. The topological polar surface area (TPSA) is 69.5 Å². The number of aliphatic imine (C=N–C) groups is 1. The van der Waals surface area contributed by atoms with Crippen molar-refractivity contribution in [3.63, 3.8) is 0 Å². The van der Waals surface area contributed by atoms with Gasteiger partial charge in [0.25, 0.3) is 0 Å². The second-order valence-electron chi connectivity index (χ2n) is 5.12. The fourth-order valence-electron chi connectivity index (χ4n) is 2.23. The molecule has 5 heteroatoms. The molecule has 0 aliphatic carbocycles. The Bertz CT molecular complexity index is 613. The van der Waals surface area contributed by atoms with Crippen molar-refractivity contribution in [2.45, 2.75) is 26.5 Å². The van der Waals surface area contributed by atoms with Crippen molar-refractivity contribution in [2.24, 2.45) is 4.99 Å². The van der Waals surface area contributed by atoms with Crippen molar-refractivity contribution in [1.29, 1.82) is 0 Å². The van der Waals surface area contributed by atoms with Crippen LogP contribution in [0.4, 0.5) is 0 Å². The molecule has 1 heterocycles. The van der Waals surface area contributed by atoms with E-state index in [-0.39, 0.29) is 6.61 Å². The summed E-state index contributed by atoms with van der Waals surface area (Å²) in [5, 5.41) is 15.9. The molecule has 1 aromatic heterocycles. The summed E-state index contributed by atoms with van der Waals surface area (Å²) in [7, 11) is 0. The van der Waals surface area contributed by atoms with E-state index in [0.717, 1.165) is 42.3 Å². The highest BCUT2D eigenvalue weighted by Crippen LogP contribution is 2.09. The predicted molar refractivity (Wildman–Crippen MR) is 93.1 cm³/mol. The molecule has 0 fully saturated rings. The number of aliphatic hydroxyl groups is 1. The molecule has 0 atom stereocenters.